The van der Waals surface area contributed by atoms with E-state index in [-0.39, 0.29) is 31.6 Å². The van der Waals surface area contributed by atoms with Crippen LogP contribution in [0, 0.1) is 29.6 Å². The molecule has 4 aliphatic carbocycles. The van der Waals surface area contributed by atoms with E-state index in [4.69, 9.17) is 0 Å². The lowest BCUT2D eigenvalue weighted by atomic mass is 9.76. The van der Waals surface area contributed by atoms with Crippen LogP contribution in [0.25, 0.3) is 0 Å². The number of likely N-dealkylation sites (tertiary alicyclic amines) is 1. The standard InChI is InChI=1S/C71H111F7N12O12/c1-11-23-50-61(95)80-59(43(3)12-2)66(100)84(6)40-56(93)82(4)41-57(94)86(8)51(36-44-24-15-13-16-25-44)64(98)83(5)39-54(91)79-49(29-28-45-34-47(72)58(48(73)35-45)71(76,77)78)63(97)90-42-70(74,75)38-53(90)62(96)81-69(30-19-20-31-69)68(102)88(10)60(46-26-17-14-18-27-46)67(101)87(9)52(37-55(92)85(50)7)65(99)89-32-21-22-33-89/h43-53,58-60H,11-42H2,1-10H3,(H,79,91)(H,80,95)(H,81,96)/t43-,45?,47?,48?,49-,50-,51-,52-,53-,58?,59-,60-/m0/s1. The summed E-state index contributed by atoms with van der Waals surface area (Å²) in [4.78, 5) is 188. The van der Waals surface area contributed by atoms with Gasteiger partial charge in [-0.05, 0) is 101 Å². The molecule has 3 aliphatic heterocycles. The van der Waals surface area contributed by atoms with Crippen molar-refractivity contribution in [1.29, 1.82) is 0 Å². The molecule has 576 valence electrons. The smallest absolute Gasteiger partial charge is 0.343 e. The summed E-state index contributed by atoms with van der Waals surface area (Å²) in [7, 11) is 9.38. The zero-order valence-corrected chi connectivity index (χ0v) is 61.3. The fraction of sp³-hybridized carbons (Fsp3) is 0.831. The minimum atomic E-state index is -5.23. The summed E-state index contributed by atoms with van der Waals surface area (Å²) in [5.74, 6) is -19.0. The fourth-order valence-electron chi connectivity index (χ4n) is 16.6. The quantitative estimate of drug-likeness (QED) is 0.208. The van der Waals surface area contributed by atoms with Gasteiger partial charge in [0.2, 0.25) is 70.9 Å². The Morgan fingerprint density at radius 3 is 1.74 bits per heavy atom. The van der Waals surface area contributed by atoms with Crippen LogP contribution < -0.4 is 16.0 Å². The van der Waals surface area contributed by atoms with Crippen LogP contribution in [0.5, 0.6) is 0 Å². The fourth-order valence-corrected chi connectivity index (χ4v) is 16.6. The Morgan fingerprint density at radius 2 is 1.16 bits per heavy atom. The predicted molar refractivity (Wildman–Crippen MR) is 361 cm³/mol. The van der Waals surface area contributed by atoms with E-state index in [0.29, 0.717) is 95.0 Å². The summed E-state index contributed by atoms with van der Waals surface area (Å²) in [6.07, 6.45) is -5.43. The first kappa shape index (κ1) is 82.4. The summed E-state index contributed by atoms with van der Waals surface area (Å²) in [6.45, 7) is 2.50. The maximum atomic E-state index is 16.2. The molecule has 12 amide bonds. The van der Waals surface area contributed by atoms with Gasteiger partial charge in [0, 0.05) is 68.8 Å². The Labute approximate surface area is 595 Å². The maximum absolute atomic E-state index is 16.2. The van der Waals surface area contributed by atoms with Crippen molar-refractivity contribution >= 4 is 70.9 Å². The van der Waals surface area contributed by atoms with Gasteiger partial charge < -0.3 is 60.0 Å². The topological polar surface area (TPSA) is 270 Å². The van der Waals surface area contributed by atoms with Crippen LogP contribution in [-0.4, -0.2) is 276 Å². The van der Waals surface area contributed by atoms with Gasteiger partial charge in [0.15, 0.2) is 0 Å². The summed E-state index contributed by atoms with van der Waals surface area (Å²) < 4.78 is 105. The van der Waals surface area contributed by atoms with E-state index in [9.17, 15) is 51.5 Å². The first-order chi connectivity index (χ1) is 48.0. The molecule has 7 fully saturated rings. The number of hydrogen-bond acceptors (Lipinski definition) is 12. The van der Waals surface area contributed by atoms with Crippen molar-refractivity contribution in [3.8, 4) is 0 Å². The summed E-state index contributed by atoms with van der Waals surface area (Å²) in [6, 6.07) is -10.5. The highest BCUT2D eigenvalue weighted by molar-refractivity contribution is 6.01. The number of halogens is 7. The number of alkyl halides is 7. The van der Waals surface area contributed by atoms with Gasteiger partial charge in [-0.1, -0.05) is 97.8 Å². The average Bonchev–Trinajstić information content (AvgIpc) is 1.54. The third-order valence-corrected chi connectivity index (χ3v) is 23.1. The maximum Gasteiger partial charge on any atom is 0.397 e. The molecule has 102 heavy (non-hydrogen) atoms. The van der Waals surface area contributed by atoms with Crippen LogP contribution in [0.4, 0.5) is 30.7 Å². The van der Waals surface area contributed by atoms with E-state index in [0.717, 1.165) is 50.2 Å². The monoisotopic (exact) mass is 1460 g/mol. The van der Waals surface area contributed by atoms with Gasteiger partial charge in [-0.3, -0.25) is 57.5 Å². The molecule has 2 unspecified atom stereocenters. The van der Waals surface area contributed by atoms with Gasteiger partial charge in [-0.15, -0.1) is 0 Å². The molecule has 0 aromatic heterocycles. The molecule has 10 atom stereocenters. The number of nitrogens with zero attached hydrogens (tertiary/aromatic N) is 9. The molecule has 3 N–H and O–H groups in total. The average molecular weight is 1460 g/mol. The van der Waals surface area contributed by atoms with Crippen LogP contribution >= 0.6 is 0 Å². The Bertz CT molecular complexity index is 2990. The van der Waals surface area contributed by atoms with E-state index in [1.54, 1.807) is 25.7 Å². The van der Waals surface area contributed by atoms with Gasteiger partial charge in [0.05, 0.1) is 32.6 Å². The van der Waals surface area contributed by atoms with Crippen molar-refractivity contribution in [2.24, 2.45) is 29.6 Å². The second-order valence-electron chi connectivity index (χ2n) is 30.5. The minimum absolute atomic E-state index is 0.0540. The largest absolute Gasteiger partial charge is 0.397 e. The van der Waals surface area contributed by atoms with Crippen molar-refractivity contribution in [1.82, 2.24) is 60.0 Å². The summed E-state index contributed by atoms with van der Waals surface area (Å²) in [5, 5.41) is 8.06. The molecule has 3 saturated heterocycles. The minimum Gasteiger partial charge on any atom is -0.343 e. The number of carbonyl (C=O) groups excluding carboxylic acids is 12. The van der Waals surface area contributed by atoms with E-state index in [2.05, 4.69) is 16.0 Å². The van der Waals surface area contributed by atoms with E-state index < -0.39 is 232 Å². The molecule has 0 aromatic carbocycles. The highest BCUT2D eigenvalue weighted by Gasteiger charge is 2.57. The third-order valence-electron chi connectivity index (χ3n) is 23.1. The van der Waals surface area contributed by atoms with Crippen molar-refractivity contribution in [3.63, 3.8) is 0 Å². The molecule has 7 aliphatic rings. The SMILES string of the molecule is CCC[C@H]1C(=O)N[C@@H]([C@@H](C)CC)C(=O)N(C)CC(=O)N(C)CC(=O)N(C)[C@@H](CC2CCCCC2)C(=O)N(C)CC(=O)N[C@@H](CCC2CC(F)C(C(F)(F)F)C(F)C2)C(=O)N2CC(F)(F)C[C@H]2C(=O)NC2(CCCC2)C(=O)N(C)[C@@H](C2CCCCC2)C(=O)N(C)[C@H](C(=O)N2CCCC2)CC(=O)N1C. The molecule has 24 nitrogen and oxygen atoms in total. The second-order valence-corrected chi connectivity index (χ2v) is 30.5. The number of hydrogen-bond donors (Lipinski definition) is 3. The van der Waals surface area contributed by atoms with Crippen LogP contribution in [0.3, 0.4) is 0 Å². The molecule has 3 heterocycles. The molecule has 0 aromatic rings. The first-order valence-electron chi connectivity index (χ1n) is 37.0. The first-order valence-corrected chi connectivity index (χ1v) is 37.0. The molecular formula is C71H111F7N12O12. The zero-order valence-electron chi connectivity index (χ0n) is 61.3. The Kier molecular flexibility index (Phi) is 28.9. The van der Waals surface area contributed by atoms with Gasteiger partial charge in [-0.2, -0.15) is 13.2 Å². The lowest BCUT2D eigenvalue weighted by Gasteiger charge is -2.43. The lowest BCUT2D eigenvalue weighted by Crippen LogP contribution is -2.65. The Hall–Kier alpha value is -6.85. The Morgan fingerprint density at radius 1 is 0.588 bits per heavy atom. The van der Waals surface area contributed by atoms with Crippen molar-refractivity contribution in [2.45, 2.75) is 260 Å². The number of fused-ring (bicyclic) bond motifs is 1. The van der Waals surface area contributed by atoms with Crippen molar-refractivity contribution in [3.05, 3.63) is 0 Å². The highest BCUT2D eigenvalue weighted by atomic mass is 19.4. The Balaban J connectivity index is 1.29. The normalized spacial score (nSPS) is 30.9. The third kappa shape index (κ3) is 20.1. The number of amides is 12. The van der Waals surface area contributed by atoms with Crippen LogP contribution in [0.15, 0.2) is 0 Å². The summed E-state index contributed by atoms with van der Waals surface area (Å²) in [5.41, 5.74) is -1.87. The second kappa shape index (κ2) is 35.8. The molecular weight excluding hydrogens is 1350 g/mol. The molecule has 1 spiro atoms. The van der Waals surface area contributed by atoms with E-state index in [1.807, 2.05) is 0 Å². The van der Waals surface area contributed by atoms with Gasteiger partial charge in [0.1, 0.15) is 66.1 Å². The predicted octanol–water partition coefficient (Wildman–Crippen LogP) is 5.77. The molecule has 0 radical (unpaired) electrons. The van der Waals surface area contributed by atoms with Gasteiger partial charge >= 0.3 is 6.18 Å². The van der Waals surface area contributed by atoms with Crippen molar-refractivity contribution in [2.75, 3.05) is 88.6 Å². The van der Waals surface area contributed by atoms with Crippen LogP contribution in [0.1, 0.15) is 188 Å². The molecule has 7 rings (SSSR count). The van der Waals surface area contributed by atoms with E-state index >= 15 is 36.7 Å². The van der Waals surface area contributed by atoms with Crippen LogP contribution in [0.2, 0.25) is 0 Å². The van der Waals surface area contributed by atoms with Crippen molar-refractivity contribution < 1.29 is 88.3 Å². The molecule has 0 bridgehead atoms. The molecule has 31 heteroatoms. The van der Waals surface area contributed by atoms with Crippen LogP contribution in [-0.2, 0) is 57.5 Å². The zero-order chi connectivity index (χ0) is 75.5. The van der Waals surface area contributed by atoms with E-state index in [1.165, 1.54) is 59.1 Å². The van der Waals surface area contributed by atoms with Gasteiger partial charge in [0.25, 0.3) is 5.92 Å². The summed E-state index contributed by atoms with van der Waals surface area (Å²) >= 11 is 0. The molecule has 4 saturated carbocycles. The highest BCUT2D eigenvalue weighted by Crippen LogP contribution is 2.45. The number of likely N-dealkylation sites (N-methyl/N-ethyl adjacent to an activating group) is 7. The number of carbonyl (C=O) groups is 12. The number of nitrogens with one attached hydrogen (secondary N) is 3. The lowest BCUT2D eigenvalue weighted by molar-refractivity contribution is -0.219. The number of rotatable bonds is 11. The van der Waals surface area contributed by atoms with Gasteiger partial charge in [-0.25, -0.2) is 17.6 Å².